The monoisotopic (exact) mass is 783 g/mol. The Morgan fingerprint density at radius 1 is 0.400 bits per heavy atom. The van der Waals surface area contributed by atoms with Crippen LogP contribution in [-0.4, -0.2) is 0 Å². The average Bonchev–Trinajstić information content (AvgIpc) is 3.98. The summed E-state index contributed by atoms with van der Waals surface area (Å²) < 4.78 is 9.56. The van der Waals surface area contributed by atoms with Crippen LogP contribution in [0.15, 0.2) is 229 Å². The molecule has 0 saturated carbocycles. The van der Waals surface area contributed by atoms with Crippen LogP contribution in [0, 0.1) is 0 Å². The summed E-state index contributed by atoms with van der Waals surface area (Å²) in [6.45, 7) is 0. The van der Waals surface area contributed by atoms with Gasteiger partial charge in [-0.1, -0.05) is 170 Å². The Labute approximate surface area is 352 Å². The molecule has 0 aliphatic heterocycles. The lowest BCUT2D eigenvalue weighted by molar-refractivity contribution is 0.628. The van der Waals surface area contributed by atoms with E-state index in [1.54, 1.807) is 0 Å². The van der Waals surface area contributed by atoms with Gasteiger partial charge in [0.25, 0.3) is 0 Å². The highest BCUT2D eigenvalue weighted by Crippen LogP contribution is 2.61. The lowest BCUT2D eigenvalue weighted by Gasteiger charge is -2.33. The molecule has 12 rings (SSSR count). The topological polar surface area (TPSA) is 16.4 Å². The molecule has 0 spiro atoms. The third-order valence-corrected chi connectivity index (χ3v) is 13.5. The SMILES string of the molecule is c1ccc(-c2ccc(N(c3ccc(-c4cccc5c4-c4oc6ccccc6c4C5(c4ccccc4)c4ccccc4)cc3)c3ccc4sc5ccccc5c4c3)cc2)cc1. The minimum absolute atomic E-state index is 0.567. The summed E-state index contributed by atoms with van der Waals surface area (Å²) in [5, 5.41) is 3.71. The summed E-state index contributed by atoms with van der Waals surface area (Å²) in [4.78, 5) is 2.38. The van der Waals surface area contributed by atoms with Gasteiger partial charge < -0.3 is 9.32 Å². The molecule has 9 aromatic carbocycles. The summed E-state index contributed by atoms with van der Waals surface area (Å²) in [6, 6.07) is 81.4. The van der Waals surface area contributed by atoms with Crippen LogP contribution in [0.1, 0.15) is 22.3 Å². The first-order valence-corrected chi connectivity index (χ1v) is 21.3. The Morgan fingerprint density at radius 2 is 0.950 bits per heavy atom. The first-order valence-electron chi connectivity index (χ1n) is 20.5. The number of benzene rings is 9. The summed E-state index contributed by atoms with van der Waals surface area (Å²) in [5.41, 5.74) is 14.4. The minimum Gasteiger partial charge on any atom is -0.456 e. The molecule has 11 aromatic rings. The fourth-order valence-electron chi connectivity index (χ4n) is 9.75. The lowest BCUT2D eigenvalue weighted by atomic mass is 9.67. The Hall–Kier alpha value is -7.46. The van der Waals surface area contributed by atoms with Gasteiger partial charge in [-0.15, -0.1) is 11.3 Å². The molecule has 0 saturated heterocycles. The van der Waals surface area contributed by atoms with E-state index in [1.165, 1.54) is 53.6 Å². The largest absolute Gasteiger partial charge is 0.456 e. The number of furan rings is 1. The normalized spacial score (nSPS) is 12.8. The summed E-state index contributed by atoms with van der Waals surface area (Å²) >= 11 is 1.85. The van der Waals surface area contributed by atoms with Crippen molar-refractivity contribution < 1.29 is 4.42 Å². The first kappa shape index (κ1) is 34.6. The molecule has 282 valence electrons. The van der Waals surface area contributed by atoms with Crippen molar-refractivity contribution in [3.63, 3.8) is 0 Å². The number of fused-ring (bicyclic) bond motifs is 8. The van der Waals surface area contributed by atoms with Crippen LogP contribution in [-0.2, 0) is 5.41 Å². The summed E-state index contributed by atoms with van der Waals surface area (Å²) in [5.74, 6) is 0.940. The molecule has 0 N–H and O–H groups in total. The molecule has 2 heterocycles. The van der Waals surface area contributed by atoms with Gasteiger partial charge in [-0.2, -0.15) is 0 Å². The number of rotatable bonds is 7. The number of anilines is 3. The van der Waals surface area contributed by atoms with Crippen molar-refractivity contribution in [2.24, 2.45) is 0 Å². The smallest absolute Gasteiger partial charge is 0.141 e. The van der Waals surface area contributed by atoms with Crippen molar-refractivity contribution in [3.8, 4) is 33.6 Å². The highest BCUT2D eigenvalue weighted by molar-refractivity contribution is 7.25. The molecule has 60 heavy (non-hydrogen) atoms. The molecule has 0 atom stereocenters. The van der Waals surface area contributed by atoms with Crippen LogP contribution in [0.3, 0.4) is 0 Å². The van der Waals surface area contributed by atoms with Crippen molar-refractivity contribution in [3.05, 3.63) is 247 Å². The molecular formula is C57H37NOS. The molecule has 0 unspecified atom stereocenters. The predicted molar refractivity (Wildman–Crippen MR) is 252 cm³/mol. The van der Waals surface area contributed by atoms with Crippen molar-refractivity contribution in [2.75, 3.05) is 4.90 Å². The van der Waals surface area contributed by atoms with Crippen LogP contribution in [0.2, 0.25) is 0 Å². The fraction of sp³-hybridized carbons (Fsp3) is 0.0175. The third-order valence-electron chi connectivity index (χ3n) is 12.4. The van der Waals surface area contributed by atoms with E-state index in [1.807, 2.05) is 11.3 Å². The number of thiophene rings is 1. The van der Waals surface area contributed by atoms with Gasteiger partial charge in [0, 0.05) is 53.7 Å². The molecule has 0 radical (unpaired) electrons. The van der Waals surface area contributed by atoms with Crippen molar-refractivity contribution in [1.29, 1.82) is 0 Å². The molecule has 0 fully saturated rings. The molecule has 1 aliphatic rings. The molecule has 1 aliphatic carbocycles. The van der Waals surface area contributed by atoms with Gasteiger partial charge in [-0.3, -0.25) is 0 Å². The molecular weight excluding hydrogens is 747 g/mol. The van der Waals surface area contributed by atoms with Crippen molar-refractivity contribution in [1.82, 2.24) is 0 Å². The Morgan fingerprint density at radius 3 is 1.65 bits per heavy atom. The molecule has 0 bridgehead atoms. The summed E-state index contributed by atoms with van der Waals surface area (Å²) in [7, 11) is 0. The third kappa shape index (κ3) is 5.26. The van der Waals surface area contributed by atoms with Gasteiger partial charge >= 0.3 is 0 Å². The van der Waals surface area contributed by atoms with Crippen LogP contribution in [0.4, 0.5) is 17.1 Å². The van der Waals surface area contributed by atoms with E-state index in [-0.39, 0.29) is 0 Å². The van der Waals surface area contributed by atoms with Gasteiger partial charge in [0.2, 0.25) is 0 Å². The maximum Gasteiger partial charge on any atom is 0.141 e. The highest BCUT2D eigenvalue weighted by atomic mass is 32.1. The standard InChI is InChI=1S/C57H37NOS/c1-4-15-38(16-5-1)39-27-31-43(32-28-39)58(45-35-36-53-49(37-45)47-21-11-13-26-52(47)60-53)44-33-29-40(30-34-44)46-23-14-24-50-54(46)56-55(48-22-10-12-25-51(48)59-56)57(50,41-17-6-2-7-18-41)42-19-8-3-9-20-42/h1-37H. The zero-order valence-corrected chi connectivity index (χ0v) is 33.4. The first-order chi connectivity index (χ1) is 29.8. The van der Waals surface area contributed by atoms with Crippen LogP contribution < -0.4 is 4.90 Å². The van der Waals surface area contributed by atoms with E-state index in [0.29, 0.717) is 0 Å². The Balaban J connectivity index is 1.03. The Kier molecular flexibility index (Phi) is 7.97. The highest BCUT2D eigenvalue weighted by Gasteiger charge is 2.50. The predicted octanol–water partition coefficient (Wildman–Crippen LogP) is 16.0. The second-order valence-corrected chi connectivity index (χ2v) is 16.7. The van der Waals surface area contributed by atoms with Gasteiger partial charge in [0.1, 0.15) is 11.3 Å². The van der Waals surface area contributed by atoms with Gasteiger partial charge in [0.05, 0.1) is 5.41 Å². The number of hydrogen-bond acceptors (Lipinski definition) is 3. The van der Waals surface area contributed by atoms with E-state index >= 15 is 0 Å². The zero-order chi connectivity index (χ0) is 39.6. The Bertz CT molecular complexity index is 3310. The number of nitrogens with zero attached hydrogens (tertiary/aromatic N) is 1. The van der Waals surface area contributed by atoms with Crippen molar-refractivity contribution in [2.45, 2.75) is 5.41 Å². The van der Waals surface area contributed by atoms with E-state index in [2.05, 4.69) is 229 Å². The number of para-hydroxylation sites is 1. The maximum atomic E-state index is 6.97. The van der Waals surface area contributed by atoms with Crippen molar-refractivity contribution >= 4 is 59.5 Å². The second-order valence-electron chi connectivity index (χ2n) is 15.6. The average molecular weight is 784 g/mol. The lowest BCUT2D eigenvalue weighted by Crippen LogP contribution is -2.28. The van der Waals surface area contributed by atoms with Crippen LogP contribution in [0.5, 0.6) is 0 Å². The minimum atomic E-state index is -0.567. The van der Waals surface area contributed by atoms with Crippen LogP contribution >= 0.6 is 11.3 Å². The fourth-order valence-corrected chi connectivity index (χ4v) is 10.8. The van der Waals surface area contributed by atoms with E-state index < -0.39 is 5.41 Å². The van der Waals surface area contributed by atoms with Gasteiger partial charge in [-0.05, 0) is 93.5 Å². The zero-order valence-electron chi connectivity index (χ0n) is 32.6. The van der Waals surface area contributed by atoms with E-state index in [9.17, 15) is 0 Å². The quantitative estimate of drug-likeness (QED) is 0.160. The van der Waals surface area contributed by atoms with Gasteiger partial charge in [-0.25, -0.2) is 0 Å². The number of hydrogen-bond donors (Lipinski definition) is 0. The molecule has 2 aromatic heterocycles. The maximum absolute atomic E-state index is 6.97. The van der Waals surface area contributed by atoms with E-state index in [0.717, 1.165) is 50.5 Å². The van der Waals surface area contributed by atoms with Crippen LogP contribution in [0.25, 0.3) is 64.7 Å². The van der Waals surface area contributed by atoms with Gasteiger partial charge in [0.15, 0.2) is 0 Å². The molecule has 3 heteroatoms. The molecule has 2 nitrogen and oxygen atoms in total. The summed E-state index contributed by atoms with van der Waals surface area (Å²) in [6.07, 6.45) is 0. The molecule has 0 amide bonds. The second kappa shape index (κ2) is 13.8. The van der Waals surface area contributed by atoms with E-state index in [4.69, 9.17) is 4.42 Å².